The third kappa shape index (κ3) is 4.66. The van der Waals surface area contributed by atoms with Gasteiger partial charge in [-0.2, -0.15) is 5.10 Å². The maximum atomic E-state index is 13.1. The number of ether oxygens (including phenoxy) is 2. The fourth-order valence-electron chi connectivity index (χ4n) is 4.21. The zero-order valence-electron chi connectivity index (χ0n) is 18.5. The van der Waals surface area contributed by atoms with Gasteiger partial charge in [0.1, 0.15) is 6.54 Å². The van der Waals surface area contributed by atoms with Gasteiger partial charge < -0.3 is 19.3 Å². The minimum absolute atomic E-state index is 0.0507. The highest BCUT2D eigenvalue weighted by atomic mass is 16.5. The summed E-state index contributed by atoms with van der Waals surface area (Å²) in [5, 5.41) is 6.62. The Balaban J connectivity index is 1.70. The number of nitrogens with zero attached hydrogens (tertiary/aromatic N) is 4. The van der Waals surface area contributed by atoms with Crippen molar-refractivity contribution in [3.63, 3.8) is 0 Å². The van der Waals surface area contributed by atoms with Gasteiger partial charge in [0.05, 0.1) is 20.3 Å². The number of likely N-dealkylation sites (tertiary alicyclic amines) is 1. The Bertz CT molecular complexity index is 939. The number of benzene rings is 2. The highest BCUT2D eigenvalue weighted by Gasteiger charge is 2.33. The number of rotatable bonds is 6. The Hall–Kier alpha value is -3.06. The van der Waals surface area contributed by atoms with Gasteiger partial charge in [0.2, 0.25) is 0 Å². The van der Waals surface area contributed by atoms with Crippen molar-refractivity contribution in [2.75, 3.05) is 40.9 Å². The van der Waals surface area contributed by atoms with Crippen LogP contribution in [0.4, 0.5) is 0 Å². The molecule has 2 aromatic rings. The van der Waals surface area contributed by atoms with Crippen LogP contribution in [0, 0.1) is 0 Å². The lowest BCUT2D eigenvalue weighted by atomic mass is 10.0. The molecular weight excluding hydrogens is 392 g/mol. The second kappa shape index (κ2) is 9.39. The molecule has 7 heteroatoms. The predicted octanol–water partition coefficient (Wildman–Crippen LogP) is 2.80. The SMILES string of the molecule is COc1ccc(C2=NN(C3CCN(C)CC3)C(=O)CN2Cc2ccccc2)cc1OC. The molecule has 0 N–H and O–H groups in total. The number of hydrazone groups is 1. The van der Waals surface area contributed by atoms with Crippen molar-refractivity contribution in [1.29, 1.82) is 0 Å². The first-order valence-electron chi connectivity index (χ1n) is 10.7. The molecule has 1 amide bonds. The van der Waals surface area contributed by atoms with Gasteiger partial charge in [-0.15, -0.1) is 0 Å². The van der Waals surface area contributed by atoms with E-state index in [9.17, 15) is 4.79 Å². The van der Waals surface area contributed by atoms with E-state index in [-0.39, 0.29) is 11.9 Å². The second-order valence-corrected chi connectivity index (χ2v) is 8.11. The van der Waals surface area contributed by atoms with Gasteiger partial charge in [0, 0.05) is 12.1 Å². The van der Waals surface area contributed by atoms with Crippen molar-refractivity contribution in [1.82, 2.24) is 14.8 Å². The highest BCUT2D eigenvalue weighted by molar-refractivity contribution is 6.03. The number of piperidine rings is 1. The Labute approximate surface area is 183 Å². The van der Waals surface area contributed by atoms with E-state index in [4.69, 9.17) is 14.6 Å². The van der Waals surface area contributed by atoms with Crippen LogP contribution in [0.3, 0.4) is 0 Å². The first-order valence-corrected chi connectivity index (χ1v) is 10.7. The van der Waals surface area contributed by atoms with Gasteiger partial charge in [-0.1, -0.05) is 30.3 Å². The van der Waals surface area contributed by atoms with Crippen LogP contribution in [0.2, 0.25) is 0 Å². The van der Waals surface area contributed by atoms with Crippen LogP contribution >= 0.6 is 0 Å². The van der Waals surface area contributed by atoms with Crippen molar-refractivity contribution in [3.05, 3.63) is 59.7 Å². The number of hydrogen-bond acceptors (Lipinski definition) is 6. The van der Waals surface area contributed by atoms with Crippen molar-refractivity contribution < 1.29 is 14.3 Å². The lowest BCUT2D eigenvalue weighted by molar-refractivity contribution is -0.136. The van der Waals surface area contributed by atoms with E-state index >= 15 is 0 Å². The Morgan fingerprint density at radius 1 is 1.00 bits per heavy atom. The van der Waals surface area contributed by atoms with Crippen molar-refractivity contribution in [3.8, 4) is 11.5 Å². The Kier molecular flexibility index (Phi) is 6.42. The molecule has 4 rings (SSSR count). The summed E-state index contributed by atoms with van der Waals surface area (Å²) >= 11 is 0. The monoisotopic (exact) mass is 422 g/mol. The first-order chi connectivity index (χ1) is 15.1. The molecule has 0 spiro atoms. The van der Waals surface area contributed by atoms with Crippen molar-refractivity contribution >= 4 is 11.7 Å². The minimum Gasteiger partial charge on any atom is -0.493 e. The summed E-state index contributed by atoms with van der Waals surface area (Å²) in [5.41, 5.74) is 2.04. The van der Waals surface area contributed by atoms with E-state index < -0.39 is 0 Å². The van der Waals surface area contributed by atoms with E-state index in [1.807, 2.05) is 41.3 Å². The molecule has 31 heavy (non-hydrogen) atoms. The number of methoxy groups -OCH3 is 2. The number of amides is 1. The quantitative estimate of drug-likeness (QED) is 0.717. The van der Waals surface area contributed by atoms with Crippen LogP contribution in [0.5, 0.6) is 11.5 Å². The van der Waals surface area contributed by atoms with Gasteiger partial charge in [0.25, 0.3) is 5.91 Å². The molecule has 0 aliphatic carbocycles. The van der Waals surface area contributed by atoms with Crippen LogP contribution in [0.15, 0.2) is 53.6 Å². The smallest absolute Gasteiger partial charge is 0.262 e. The van der Waals surface area contributed by atoms with Crippen LogP contribution < -0.4 is 9.47 Å². The molecule has 0 aromatic heterocycles. The van der Waals surface area contributed by atoms with Gasteiger partial charge >= 0.3 is 0 Å². The fraction of sp³-hybridized carbons (Fsp3) is 0.417. The molecule has 2 aromatic carbocycles. The molecule has 2 heterocycles. The predicted molar refractivity (Wildman–Crippen MR) is 120 cm³/mol. The maximum Gasteiger partial charge on any atom is 0.262 e. The molecule has 0 saturated carbocycles. The van der Waals surface area contributed by atoms with E-state index in [2.05, 4.69) is 24.1 Å². The molecule has 0 unspecified atom stereocenters. The molecule has 1 saturated heterocycles. The Morgan fingerprint density at radius 3 is 2.39 bits per heavy atom. The molecular formula is C24H30N4O3. The summed E-state index contributed by atoms with van der Waals surface area (Å²) in [5.74, 6) is 2.14. The first kappa shape index (κ1) is 21.2. The topological polar surface area (TPSA) is 57.6 Å². The Morgan fingerprint density at radius 2 is 1.71 bits per heavy atom. The third-order valence-electron chi connectivity index (χ3n) is 5.98. The molecule has 0 bridgehead atoms. The largest absolute Gasteiger partial charge is 0.493 e. The number of carbonyl (C=O) groups is 1. The third-order valence-corrected chi connectivity index (χ3v) is 5.98. The average Bonchev–Trinajstić information content (AvgIpc) is 2.80. The zero-order chi connectivity index (χ0) is 21.8. The van der Waals surface area contributed by atoms with Crippen molar-refractivity contribution in [2.45, 2.75) is 25.4 Å². The fourth-order valence-corrected chi connectivity index (χ4v) is 4.21. The van der Waals surface area contributed by atoms with Crippen LogP contribution in [0.25, 0.3) is 0 Å². The number of hydrogen-bond donors (Lipinski definition) is 0. The molecule has 164 valence electrons. The average molecular weight is 423 g/mol. The molecule has 7 nitrogen and oxygen atoms in total. The molecule has 2 aliphatic heterocycles. The van der Waals surface area contributed by atoms with E-state index in [0.717, 1.165) is 42.9 Å². The zero-order valence-corrected chi connectivity index (χ0v) is 18.5. The van der Waals surface area contributed by atoms with Gasteiger partial charge in [-0.05, 0) is 56.7 Å². The maximum absolute atomic E-state index is 13.1. The van der Waals surface area contributed by atoms with Crippen molar-refractivity contribution in [2.24, 2.45) is 5.10 Å². The number of carbonyl (C=O) groups excluding carboxylic acids is 1. The summed E-state index contributed by atoms with van der Waals surface area (Å²) < 4.78 is 10.9. The summed E-state index contributed by atoms with van der Waals surface area (Å²) in [7, 11) is 5.37. The molecule has 0 atom stereocenters. The van der Waals surface area contributed by atoms with Crippen LogP contribution in [-0.2, 0) is 11.3 Å². The molecule has 1 fully saturated rings. The standard InChI is InChI=1S/C24H30N4O3/c1-26-13-11-20(12-14-26)28-23(29)17-27(16-18-7-5-4-6-8-18)24(25-28)19-9-10-21(30-2)22(15-19)31-3/h4-10,15,20H,11-14,16-17H2,1-3H3. The summed E-state index contributed by atoms with van der Waals surface area (Å²) in [6.07, 6.45) is 1.87. The second-order valence-electron chi connectivity index (χ2n) is 8.11. The summed E-state index contributed by atoms with van der Waals surface area (Å²) in [4.78, 5) is 17.4. The molecule has 2 aliphatic rings. The lowest BCUT2D eigenvalue weighted by Crippen LogP contribution is -2.52. The van der Waals surface area contributed by atoms with Gasteiger partial charge in [0.15, 0.2) is 17.3 Å². The summed E-state index contributed by atoms with van der Waals surface area (Å²) in [6, 6.07) is 16.1. The molecule has 0 radical (unpaired) electrons. The van der Waals surface area contributed by atoms with E-state index in [0.29, 0.717) is 24.6 Å². The lowest BCUT2D eigenvalue weighted by Gasteiger charge is -2.39. The van der Waals surface area contributed by atoms with Crippen LogP contribution in [-0.4, -0.2) is 73.5 Å². The normalized spacial score (nSPS) is 18.2. The highest BCUT2D eigenvalue weighted by Crippen LogP contribution is 2.30. The van der Waals surface area contributed by atoms with E-state index in [1.54, 1.807) is 19.2 Å². The minimum atomic E-state index is 0.0507. The van der Waals surface area contributed by atoms with E-state index in [1.165, 1.54) is 0 Å². The van der Waals surface area contributed by atoms with Gasteiger partial charge in [-0.25, -0.2) is 5.01 Å². The van der Waals surface area contributed by atoms with Gasteiger partial charge in [-0.3, -0.25) is 4.79 Å². The van der Waals surface area contributed by atoms with Crippen LogP contribution in [0.1, 0.15) is 24.0 Å². The summed E-state index contributed by atoms with van der Waals surface area (Å²) in [6.45, 7) is 2.86. The number of amidine groups is 1.